The zero-order valence-corrected chi connectivity index (χ0v) is 13.0. The van der Waals surface area contributed by atoms with Crippen LogP contribution in [0.25, 0.3) is 11.1 Å². The summed E-state index contributed by atoms with van der Waals surface area (Å²) in [5, 5.41) is 12.8. The number of hydrogen-bond acceptors (Lipinski definition) is 3. The topological polar surface area (TPSA) is 107 Å². The molecule has 0 saturated heterocycles. The summed E-state index contributed by atoms with van der Waals surface area (Å²) in [6, 6.07) is 11.1. The molecule has 21 heavy (non-hydrogen) atoms. The number of phenols is 1. The number of rotatable bonds is 3. The van der Waals surface area contributed by atoms with Gasteiger partial charge < -0.3 is 0 Å². The summed E-state index contributed by atoms with van der Waals surface area (Å²) in [5.41, 5.74) is 1.02. The van der Waals surface area contributed by atoms with E-state index in [4.69, 9.17) is 0 Å². The van der Waals surface area contributed by atoms with Gasteiger partial charge in [-0.05, 0) is 0 Å². The molecule has 4 N–H and O–H groups in total. The first kappa shape index (κ1) is 15.4. The predicted molar refractivity (Wildman–Crippen MR) is 78.4 cm³/mol. The number of phenolic OH excluding ortho intramolecular Hbond substituents is 1. The first-order valence-electron chi connectivity index (χ1n) is 6.06. The molecule has 0 spiro atoms. The summed E-state index contributed by atoms with van der Waals surface area (Å²) >= 11 is -5.27. The molecular formula is C14H14AsNO5. The standard InChI is InChI=1S/C14H14AsNO5/c1-9(17)16-12-8-7-11(15(19,20)21)14(18)13(12)10-5-3-2-4-6-10/h2-8,18H,1H3,(H,16,17)(H2,19,20,21). The van der Waals surface area contributed by atoms with Gasteiger partial charge in [0.15, 0.2) is 0 Å². The molecule has 0 aromatic heterocycles. The molecule has 7 heteroatoms. The van der Waals surface area contributed by atoms with Gasteiger partial charge in [0.05, 0.1) is 0 Å². The minimum absolute atomic E-state index is 0.188. The van der Waals surface area contributed by atoms with Crippen LogP contribution in [0.2, 0.25) is 0 Å². The van der Waals surface area contributed by atoms with Gasteiger partial charge in [0.25, 0.3) is 0 Å². The fourth-order valence-electron chi connectivity index (χ4n) is 2.01. The van der Waals surface area contributed by atoms with Crippen molar-refractivity contribution in [1.82, 2.24) is 0 Å². The zero-order valence-electron chi connectivity index (χ0n) is 11.1. The van der Waals surface area contributed by atoms with Crippen molar-refractivity contribution >= 4 is 30.1 Å². The van der Waals surface area contributed by atoms with E-state index in [-0.39, 0.29) is 11.5 Å². The molecule has 1 amide bonds. The number of amides is 1. The Morgan fingerprint density at radius 3 is 2.24 bits per heavy atom. The third kappa shape index (κ3) is 3.36. The second-order valence-electron chi connectivity index (χ2n) is 4.45. The summed E-state index contributed by atoms with van der Waals surface area (Å²) in [5.74, 6) is -0.860. The van der Waals surface area contributed by atoms with Crippen molar-refractivity contribution in [2.45, 2.75) is 6.92 Å². The van der Waals surface area contributed by atoms with Gasteiger partial charge in [-0.25, -0.2) is 0 Å². The molecule has 2 aromatic carbocycles. The van der Waals surface area contributed by atoms with Crippen molar-refractivity contribution in [1.29, 1.82) is 0 Å². The molecule has 2 aromatic rings. The number of carbonyl (C=O) groups is 1. The summed E-state index contributed by atoms with van der Waals surface area (Å²) in [7, 11) is 0. The monoisotopic (exact) mass is 351 g/mol. The first-order valence-corrected chi connectivity index (χ1v) is 9.44. The molecule has 0 saturated carbocycles. The van der Waals surface area contributed by atoms with Crippen LogP contribution in [0.15, 0.2) is 42.5 Å². The second kappa shape index (κ2) is 5.77. The Morgan fingerprint density at radius 1 is 1.10 bits per heavy atom. The third-order valence-electron chi connectivity index (χ3n) is 2.84. The Hall–Kier alpha value is -2.01. The van der Waals surface area contributed by atoms with Crippen LogP contribution in [0.5, 0.6) is 5.75 Å². The Bertz CT molecular complexity index is 724. The van der Waals surface area contributed by atoms with Gasteiger partial charge in [-0.2, -0.15) is 0 Å². The van der Waals surface area contributed by atoms with Crippen molar-refractivity contribution < 1.29 is 21.8 Å². The van der Waals surface area contributed by atoms with Gasteiger partial charge in [-0.3, -0.25) is 0 Å². The van der Waals surface area contributed by atoms with Crippen molar-refractivity contribution in [2.75, 3.05) is 5.32 Å². The average Bonchev–Trinajstić information content (AvgIpc) is 2.37. The van der Waals surface area contributed by atoms with Crippen LogP contribution in [0.3, 0.4) is 0 Å². The van der Waals surface area contributed by atoms with Gasteiger partial charge in [0.1, 0.15) is 0 Å². The molecule has 110 valence electrons. The van der Waals surface area contributed by atoms with Gasteiger partial charge in [0.2, 0.25) is 0 Å². The second-order valence-corrected chi connectivity index (χ2v) is 7.74. The predicted octanol–water partition coefficient (Wildman–Crippen LogP) is 0.579. The SMILES string of the molecule is CC(=O)Nc1ccc([As](=O)(O)O)c(O)c1-c1ccccc1. The average molecular weight is 351 g/mol. The van der Waals surface area contributed by atoms with E-state index in [1.54, 1.807) is 30.3 Å². The van der Waals surface area contributed by atoms with Crippen LogP contribution in [-0.2, 0) is 8.53 Å². The maximum absolute atomic E-state index is 11.5. The van der Waals surface area contributed by atoms with E-state index < -0.39 is 24.3 Å². The Balaban J connectivity index is 2.73. The quantitative estimate of drug-likeness (QED) is 0.605. The minimum atomic E-state index is -5.27. The number of benzene rings is 2. The number of carbonyl (C=O) groups excluding carboxylic acids is 1. The van der Waals surface area contributed by atoms with Gasteiger partial charge >= 0.3 is 124 Å². The Labute approximate surface area is 124 Å². The molecule has 0 unspecified atom stereocenters. The number of aromatic hydroxyl groups is 1. The van der Waals surface area contributed by atoms with Gasteiger partial charge in [-0.1, -0.05) is 0 Å². The van der Waals surface area contributed by atoms with Crippen molar-refractivity contribution in [2.24, 2.45) is 0 Å². The molecule has 2 rings (SSSR count). The van der Waals surface area contributed by atoms with E-state index >= 15 is 0 Å². The maximum atomic E-state index is 11.5. The Kier molecular flexibility index (Phi) is 4.23. The summed E-state index contributed by atoms with van der Waals surface area (Å²) in [4.78, 5) is 11.2. The number of nitrogens with one attached hydrogen (secondary N) is 1. The van der Waals surface area contributed by atoms with Crippen LogP contribution in [0.1, 0.15) is 6.92 Å². The molecule has 0 atom stereocenters. The van der Waals surface area contributed by atoms with Crippen LogP contribution in [0.4, 0.5) is 5.69 Å². The molecule has 0 radical (unpaired) electrons. The molecule has 0 fully saturated rings. The molecule has 0 aliphatic heterocycles. The van der Waals surface area contributed by atoms with Gasteiger partial charge in [0, 0.05) is 0 Å². The van der Waals surface area contributed by atoms with E-state index in [0.717, 1.165) is 6.07 Å². The molecule has 6 nitrogen and oxygen atoms in total. The fourth-order valence-corrected chi connectivity index (χ4v) is 3.38. The fraction of sp³-hybridized carbons (Fsp3) is 0.0714. The van der Waals surface area contributed by atoms with Crippen molar-refractivity contribution in [3.05, 3.63) is 42.5 Å². The summed E-state index contributed by atoms with van der Waals surface area (Å²) in [6.45, 7) is 1.31. The molecule has 0 heterocycles. The van der Waals surface area contributed by atoms with E-state index in [9.17, 15) is 21.8 Å². The number of anilines is 1. The molecular weight excluding hydrogens is 337 g/mol. The van der Waals surface area contributed by atoms with E-state index in [1.165, 1.54) is 13.0 Å². The summed E-state index contributed by atoms with van der Waals surface area (Å²) < 4.78 is 29.7. The van der Waals surface area contributed by atoms with Crippen LogP contribution in [0, 0.1) is 0 Å². The zero-order chi connectivity index (χ0) is 15.6. The van der Waals surface area contributed by atoms with E-state index in [0.29, 0.717) is 11.3 Å². The van der Waals surface area contributed by atoms with Gasteiger partial charge in [-0.15, -0.1) is 0 Å². The van der Waals surface area contributed by atoms with Crippen molar-refractivity contribution in [3.63, 3.8) is 0 Å². The normalized spacial score (nSPS) is 11.2. The van der Waals surface area contributed by atoms with Crippen LogP contribution < -0.4 is 9.67 Å². The van der Waals surface area contributed by atoms with E-state index in [2.05, 4.69) is 5.32 Å². The summed E-state index contributed by atoms with van der Waals surface area (Å²) in [6.07, 6.45) is 0. The molecule has 0 aliphatic carbocycles. The number of hydrogen-bond donors (Lipinski definition) is 4. The van der Waals surface area contributed by atoms with Crippen LogP contribution >= 0.6 is 0 Å². The molecule has 0 bridgehead atoms. The Morgan fingerprint density at radius 2 is 1.71 bits per heavy atom. The third-order valence-corrected chi connectivity index (χ3v) is 4.92. The molecule has 0 aliphatic rings. The first-order chi connectivity index (χ1) is 9.80. The van der Waals surface area contributed by atoms with E-state index in [1.807, 2.05) is 0 Å². The van der Waals surface area contributed by atoms with Crippen molar-refractivity contribution in [3.8, 4) is 16.9 Å². The van der Waals surface area contributed by atoms with Crippen LogP contribution in [-0.4, -0.2) is 33.4 Å².